The zero-order valence-corrected chi connectivity index (χ0v) is 21.9. The molecule has 4 nitrogen and oxygen atoms in total. The zero-order chi connectivity index (χ0) is 26.6. The van der Waals surface area contributed by atoms with Crippen LogP contribution in [-0.4, -0.2) is 15.0 Å². The number of hydrogen-bond donors (Lipinski definition) is 0. The summed E-state index contributed by atoms with van der Waals surface area (Å²) in [5, 5.41) is 7.16. The maximum atomic E-state index is 6.50. The van der Waals surface area contributed by atoms with E-state index in [0.29, 0.717) is 22.5 Å². The Morgan fingerprint density at radius 3 is 1.90 bits per heavy atom. The Kier molecular flexibility index (Phi) is 5.15. The van der Waals surface area contributed by atoms with Crippen LogP contribution in [0.4, 0.5) is 0 Å². The normalized spacial score (nSPS) is 11.6. The molecule has 0 atom stereocenters. The van der Waals surface area contributed by atoms with Gasteiger partial charge < -0.3 is 4.42 Å². The number of fused-ring (bicyclic) bond motifs is 7. The lowest BCUT2D eigenvalue weighted by Crippen LogP contribution is -2.00. The van der Waals surface area contributed by atoms with Crippen molar-refractivity contribution in [3.63, 3.8) is 0 Å². The summed E-state index contributed by atoms with van der Waals surface area (Å²) in [4.78, 5) is 14.9. The van der Waals surface area contributed by atoms with E-state index >= 15 is 0 Å². The van der Waals surface area contributed by atoms with Gasteiger partial charge in [-0.3, -0.25) is 0 Å². The minimum Gasteiger partial charge on any atom is -0.455 e. The number of furan rings is 1. The zero-order valence-electron chi connectivity index (χ0n) is 21.2. The van der Waals surface area contributed by atoms with Crippen LogP contribution >= 0.6 is 11.6 Å². The summed E-state index contributed by atoms with van der Waals surface area (Å²) in [6.45, 7) is 0. The van der Waals surface area contributed by atoms with Crippen LogP contribution in [0.25, 0.3) is 77.6 Å². The van der Waals surface area contributed by atoms with E-state index in [9.17, 15) is 0 Å². The second kappa shape index (κ2) is 9.01. The fraction of sp³-hybridized carbons (Fsp3) is 0. The van der Waals surface area contributed by atoms with Crippen molar-refractivity contribution >= 4 is 55.1 Å². The first-order valence-corrected chi connectivity index (χ1v) is 13.4. The van der Waals surface area contributed by atoms with Crippen LogP contribution in [0.2, 0.25) is 5.02 Å². The Hall–Kier alpha value is -5.06. The third kappa shape index (κ3) is 3.65. The van der Waals surface area contributed by atoms with Gasteiger partial charge in [0.25, 0.3) is 0 Å². The van der Waals surface area contributed by atoms with Gasteiger partial charge in [0.05, 0.1) is 0 Å². The first-order valence-electron chi connectivity index (χ1n) is 13.1. The fourth-order valence-corrected chi connectivity index (χ4v) is 5.62. The maximum Gasteiger partial charge on any atom is 0.164 e. The van der Waals surface area contributed by atoms with Gasteiger partial charge in [0.1, 0.15) is 11.2 Å². The molecule has 40 heavy (non-hydrogen) atoms. The molecule has 0 amide bonds. The van der Waals surface area contributed by atoms with Gasteiger partial charge in [-0.1, -0.05) is 96.5 Å². The minimum absolute atomic E-state index is 0.590. The lowest BCUT2D eigenvalue weighted by atomic mass is 9.97. The van der Waals surface area contributed by atoms with E-state index in [2.05, 4.69) is 54.6 Å². The third-order valence-corrected chi connectivity index (χ3v) is 7.63. The molecule has 0 spiro atoms. The highest BCUT2D eigenvalue weighted by atomic mass is 35.5. The maximum absolute atomic E-state index is 6.50. The molecule has 0 aliphatic carbocycles. The highest BCUT2D eigenvalue weighted by Gasteiger charge is 2.19. The van der Waals surface area contributed by atoms with Gasteiger partial charge in [0.15, 0.2) is 17.5 Å². The molecule has 2 aromatic heterocycles. The van der Waals surface area contributed by atoms with E-state index in [1.807, 2.05) is 66.7 Å². The minimum atomic E-state index is 0.590. The Labute approximate surface area is 234 Å². The molecule has 8 rings (SSSR count). The summed E-state index contributed by atoms with van der Waals surface area (Å²) in [5.74, 6) is 1.81. The van der Waals surface area contributed by atoms with E-state index in [-0.39, 0.29) is 0 Å². The largest absolute Gasteiger partial charge is 0.455 e. The summed E-state index contributed by atoms with van der Waals surface area (Å²) in [5.41, 5.74) is 4.44. The van der Waals surface area contributed by atoms with Crippen molar-refractivity contribution < 1.29 is 4.42 Å². The second-order valence-corrected chi connectivity index (χ2v) is 10.2. The molecule has 0 aliphatic rings. The summed E-state index contributed by atoms with van der Waals surface area (Å²) in [7, 11) is 0. The molecule has 8 aromatic rings. The molecular formula is C35H20ClN3O. The molecular weight excluding hydrogens is 514 g/mol. The predicted molar refractivity (Wildman–Crippen MR) is 163 cm³/mol. The van der Waals surface area contributed by atoms with E-state index in [1.54, 1.807) is 0 Å². The van der Waals surface area contributed by atoms with Crippen LogP contribution in [0.3, 0.4) is 0 Å². The fourth-order valence-electron chi connectivity index (χ4n) is 5.49. The lowest BCUT2D eigenvalue weighted by Gasteiger charge is -2.11. The van der Waals surface area contributed by atoms with Crippen LogP contribution in [0.15, 0.2) is 126 Å². The molecule has 2 heterocycles. The van der Waals surface area contributed by atoms with E-state index < -0.39 is 0 Å². The summed E-state index contributed by atoms with van der Waals surface area (Å²) >= 11 is 6.19. The van der Waals surface area contributed by atoms with Crippen LogP contribution in [0, 0.1) is 0 Å². The standard InChI is InChI=1S/C35H20ClN3O/c36-24-17-14-23(15-18-24)34-37-33(22-9-2-1-3-10-22)38-35(39-34)28-20-29-31-25-11-5-4-8-21(25)16-19-30(31)40-32(29)27-13-7-6-12-26(27)28/h1-20H. The van der Waals surface area contributed by atoms with Crippen LogP contribution in [0.5, 0.6) is 0 Å². The number of hydrogen-bond acceptors (Lipinski definition) is 4. The highest BCUT2D eigenvalue weighted by Crippen LogP contribution is 2.41. The van der Waals surface area contributed by atoms with Crippen LogP contribution in [0.1, 0.15) is 0 Å². The molecule has 0 unspecified atom stereocenters. The SMILES string of the molecule is Clc1ccc(-c2nc(-c3ccccc3)nc(-c3cc4c(oc5ccc6ccccc6c54)c4ccccc34)n2)cc1. The van der Waals surface area contributed by atoms with E-state index in [0.717, 1.165) is 54.8 Å². The van der Waals surface area contributed by atoms with Gasteiger partial charge in [0.2, 0.25) is 0 Å². The number of benzene rings is 6. The number of rotatable bonds is 3. The molecule has 0 N–H and O–H groups in total. The quantitative estimate of drug-likeness (QED) is 0.227. The molecule has 0 aliphatic heterocycles. The van der Waals surface area contributed by atoms with Gasteiger partial charge in [0, 0.05) is 37.9 Å². The van der Waals surface area contributed by atoms with Crippen molar-refractivity contribution in [1.82, 2.24) is 15.0 Å². The lowest BCUT2D eigenvalue weighted by molar-refractivity contribution is 0.673. The Morgan fingerprint density at radius 2 is 1.12 bits per heavy atom. The molecule has 0 saturated carbocycles. The van der Waals surface area contributed by atoms with Crippen molar-refractivity contribution in [1.29, 1.82) is 0 Å². The summed E-state index contributed by atoms with van der Waals surface area (Å²) < 4.78 is 6.50. The van der Waals surface area contributed by atoms with Gasteiger partial charge in [-0.25, -0.2) is 15.0 Å². The van der Waals surface area contributed by atoms with Gasteiger partial charge >= 0.3 is 0 Å². The van der Waals surface area contributed by atoms with Crippen LogP contribution in [-0.2, 0) is 0 Å². The van der Waals surface area contributed by atoms with Gasteiger partial charge in [-0.2, -0.15) is 0 Å². The molecule has 188 valence electrons. The molecule has 0 radical (unpaired) electrons. The average molecular weight is 534 g/mol. The van der Waals surface area contributed by atoms with E-state index in [1.165, 1.54) is 5.39 Å². The average Bonchev–Trinajstić information content (AvgIpc) is 3.41. The smallest absolute Gasteiger partial charge is 0.164 e. The summed E-state index contributed by atoms with van der Waals surface area (Å²) in [6, 6.07) is 40.6. The Balaban J connectivity index is 1.48. The Bertz CT molecular complexity index is 2220. The molecule has 0 bridgehead atoms. The number of nitrogens with zero attached hydrogens (tertiary/aromatic N) is 3. The monoisotopic (exact) mass is 533 g/mol. The summed E-state index contributed by atoms with van der Waals surface area (Å²) in [6.07, 6.45) is 0. The predicted octanol–water partition coefficient (Wildman–Crippen LogP) is 9.73. The van der Waals surface area contributed by atoms with Crippen molar-refractivity contribution in [3.05, 3.63) is 126 Å². The highest BCUT2D eigenvalue weighted by molar-refractivity contribution is 6.30. The number of aromatic nitrogens is 3. The molecule has 6 aromatic carbocycles. The van der Waals surface area contributed by atoms with Crippen LogP contribution < -0.4 is 0 Å². The first kappa shape index (κ1) is 22.9. The molecule has 0 fully saturated rings. The van der Waals surface area contributed by atoms with Crippen molar-refractivity contribution in [2.45, 2.75) is 0 Å². The first-order chi connectivity index (χ1) is 19.7. The van der Waals surface area contributed by atoms with E-state index in [4.69, 9.17) is 31.0 Å². The second-order valence-electron chi connectivity index (χ2n) is 9.79. The molecule has 0 saturated heterocycles. The van der Waals surface area contributed by atoms with Gasteiger partial charge in [-0.15, -0.1) is 0 Å². The van der Waals surface area contributed by atoms with Gasteiger partial charge in [-0.05, 0) is 52.6 Å². The third-order valence-electron chi connectivity index (χ3n) is 7.38. The topological polar surface area (TPSA) is 51.8 Å². The van der Waals surface area contributed by atoms with Crippen molar-refractivity contribution in [2.75, 3.05) is 0 Å². The Morgan fingerprint density at radius 1 is 0.500 bits per heavy atom. The van der Waals surface area contributed by atoms with Crippen molar-refractivity contribution in [3.8, 4) is 34.2 Å². The number of halogens is 1. The van der Waals surface area contributed by atoms with Crippen molar-refractivity contribution in [2.24, 2.45) is 0 Å². The molecule has 5 heteroatoms.